The van der Waals surface area contributed by atoms with Gasteiger partial charge in [0.1, 0.15) is 11.6 Å². The Morgan fingerprint density at radius 1 is 1.32 bits per heavy atom. The lowest BCUT2D eigenvalue weighted by Gasteiger charge is -2.46. The van der Waals surface area contributed by atoms with Gasteiger partial charge >= 0.3 is 0 Å². The summed E-state index contributed by atoms with van der Waals surface area (Å²) in [5.41, 5.74) is 1.11. The van der Waals surface area contributed by atoms with E-state index < -0.39 is 0 Å². The highest BCUT2D eigenvalue weighted by molar-refractivity contribution is 5.95. The molecule has 7 heteroatoms. The maximum Gasteiger partial charge on any atom is 0.254 e. The van der Waals surface area contributed by atoms with Crippen LogP contribution in [0.4, 0.5) is 0 Å². The summed E-state index contributed by atoms with van der Waals surface area (Å²) in [6, 6.07) is 9.35. The largest absolute Gasteiger partial charge is 0.335 e. The number of carbonyl (C=O) groups is 1. The Kier molecular flexibility index (Phi) is 3.98. The fourth-order valence-electron chi connectivity index (χ4n) is 3.57. The van der Waals surface area contributed by atoms with Crippen molar-refractivity contribution < 1.29 is 4.79 Å². The first kappa shape index (κ1) is 15.8. The number of likely N-dealkylation sites (tertiary alicyclic amines) is 1. The number of nitrogens with zero attached hydrogens (tertiary/aromatic N) is 6. The van der Waals surface area contributed by atoms with Crippen molar-refractivity contribution in [1.82, 2.24) is 24.6 Å². The Hall–Kier alpha value is -2.72. The van der Waals surface area contributed by atoms with E-state index in [1.807, 2.05) is 4.90 Å². The maximum atomic E-state index is 12.5. The molecular weight excluding hydrogens is 316 g/mol. The van der Waals surface area contributed by atoms with Crippen LogP contribution in [0, 0.1) is 11.3 Å². The van der Waals surface area contributed by atoms with Gasteiger partial charge in [-0.2, -0.15) is 5.26 Å². The molecule has 2 aromatic rings. The van der Waals surface area contributed by atoms with Crippen LogP contribution in [0.25, 0.3) is 0 Å². The zero-order valence-corrected chi connectivity index (χ0v) is 14.2. The number of hydrogen-bond acceptors (Lipinski definition) is 5. The van der Waals surface area contributed by atoms with E-state index in [0.717, 1.165) is 50.8 Å². The molecule has 1 fully saturated rings. The lowest BCUT2D eigenvalue weighted by molar-refractivity contribution is 0.0166. The molecule has 25 heavy (non-hydrogen) atoms. The van der Waals surface area contributed by atoms with E-state index in [-0.39, 0.29) is 5.91 Å². The SMILES string of the molecule is CCc1nnc2n1CCN(C1CN(C(=O)c3cccc(C#N)c3)C1)C2. The molecule has 1 saturated heterocycles. The molecule has 0 saturated carbocycles. The summed E-state index contributed by atoms with van der Waals surface area (Å²) in [6.45, 7) is 6.23. The number of hydrogen-bond donors (Lipinski definition) is 0. The van der Waals surface area contributed by atoms with Gasteiger partial charge in [0, 0.05) is 44.2 Å². The third-order valence-corrected chi connectivity index (χ3v) is 5.08. The summed E-state index contributed by atoms with van der Waals surface area (Å²) in [6.07, 6.45) is 0.903. The van der Waals surface area contributed by atoms with Gasteiger partial charge in [0.15, 0.2) is 0 Å². The van der Waals surface area contributed by atoms with Crippen LogP contribution < -0.4 is 0 Å². The summed E-state index contributed by atoms with van der Waals surface area (Å²) in [4.78, 5) is 16.8. The number of fused-ring (bicyclic) bond motifs is 1. The molecule has 7 nitrogen and oxygen atoms in total. The first-order valence-corrected chi connectivity index (χ1v) is 8.64. The van der Waals surface area contributed by atoms with Crippen LogP contribution in [0.1, 0.15) is 34.5 Å². The maximum absolute atomic E-state index is 12.5. The third-order valence-electron chi connectivity index (χ3n) is 5.08. The molecule has 2 aliphatic heterocycles. The van der Waals surface area contributed by atoms with Crippen LogP contribution in [-0.4, -0.2) is 56.1 Å². The molecule has 1 aromatic heterocycles. The Labute approximate surface area is 146 Å². The van der Waals surface area contributed by atoms with Crippen LogP contribution in [0.15, 0.2) is 24.3 Å². The lowest BCUT2D eigenvalue weighted by atomic mass is 10.0. The molecule has 1 aromatic carbocycles. The van der Waals surface area contributed by atoms with Crippen molar-refractivity contribution in [3.8, 4) is 6.07 Å². The zero-order valence-electron chi connectivity index (χ0n) is 14.2. The first-order chi connectivity index (χ1) is 12.2. The monoisotopic (exact) mass is 336 g/mol. The standard InChI is InChI=1S/C18H20N6O/c1-2-16-20-21-17-12-22(6-7-24(16)17)15-10-23(11-15)18(25)14-5-3-4-13(8-14)9-19/h3-5,8,15H,2,6-7,10-12H2,1H3. The Morgan fingerprint density at radius 3 is 2.92 bits per heavy atom. The van der Waals surface area contributed by atoms with E-state index in [1.165, 1.54) is 0 Å². The fourth-order valence-corrected chi connectivity index (χ4v) is 3.57. The predicted octanol–water partition coefficient (Wildman–Crippen LogP) is 1.05. The van der Waals surface area contributed by atoms with Gasteiger partial charge in [0.05, 0.1) is 18.2 Å². The Bertz CT molecular complexity index is 845. The lowest BCUT2D eigenvalue weighted by Crippen LogP contribution is -2.62. The highest BCUT2D eigenvalue weighted by Gasteiger charge is 2.37. The van der Waals surface area contributed by atoms with Gasteiger partial charge in [-0.3, -0.25) is 9.69 Å². The minimum Gasteiger partial charge on any atom is -0.335 e. The van der Waals surface area contributed by atoms with Crippen LogP contribution in [-0.2, 0) is 19.5 Å². The second-order valence-corrected chi connectivity index (χ2v) is 6.56. The van der Waals surface area contributed by atoms with Crippen molar-refractivity contribution in [3.63, 3.8) is 0 Å². The van der Waals surface area contributed by atoms with Crippen LogP contribution in [0.2, 0.25) is 0 Å². The number of aromatic nitrogens is 3. The number of aryl methyl sites for hydroxylation is 1. The molecule has 0 atom stereocenters. The quantitative estimate of drug-likeness (QED) is 0.837. The normalized spacial score (nSPS) is 17.7. The van der Waals surface area contributed by atoms with E-state index >= 15 is 0 Å². The summed E-state index contributed by atoms with van der Waals surface area (Å²) in [7, 11) is 0. The average molecular weight is 336 g/mol. The molecule has 1 amide bonds. The minimum atomic E-state index is 0.00166. The minimum absolute atomic E-state index is 0.00166. The summed E-state index contributed by atoms with van der Waals surface area (Å²) < 4.78 is 2.21. The van der Waals surface area contributed by atoms with E-state index in [4.69, 9.17) is 5.26 Å². The molecule has 128 valence electrons. The van der Waals surface area contributed by atoms with E-state index in [0.29, 0.717) is 17.2 Å². The van der Waals surface area contributed by atoms with Gasteiger partial charge in [0.25, 0.3) is 5.91 Å². The van der Waals surface area contributed by atoms with Crippen LogP contribution >= 0.6 is 0 Å². The van der Waals surface area contributed by atoms with Crippen molar-refractivity contribution in [2.45, 2.75) is 32.5 Å². The topological polar surface area (TPSA) is 78.1 Å². The van der Waals surface area contributed by atoms with Crippen molar-refractivity contribution in [2.24, 2.45) is 0 Å². The Morgan fingerprint density at radius 2 is 2.16 bits per heavy atom. The molecule has 2 aliphatic rings. The van der Waals surface area contributed by atoms with Gasteiger partial charge in [-0.1, -0.05) is 13.0 Å². The molecule has 0 N–H and O–H groups in total. The first-order valence-electron chi connectivity index (χ1n) is 8.64. The van der Waals surface area contributed by atoms with E-state index in [2.05, 4.69) is 32.7 Å². The number of carbonyl (C=O) groups excluding carboxylic acids is 1. The molecule has 4 rings (SSSR count). The second-order valence-electron chi connectivity index (χ2n) is 6.56. The third kappa shape index (κ3) is 2.79. The molecule has 0 radical (unpaired) electrons. The summed E-state index contributed by atoms with van der Waals surface area (Å²) in [5, 5.41) is 17.5. The Balaban J connectivity index is 1.37. The smallest absolute Gasteiger partial charge is 0.254 e. The van der Waals surface area contributed by atoms with Crippen LogP contribution in [0.5, 0.6) is 0 Å². The van der Waals surface area contributed by atoms with Gasteiger partial charge in [-0.25, -0.2) is 0 Å². The number of nitriles is 1. The van der Waals surface area contributed by atoms with Gasteiger partial charge in [0.2, 0.25) is 0 Å². The van der Waals surface area contributed by atoms with Gasteiger partial charge < -0.3 is 9.47 Å². The highest BCUT2D eigenvalue weighted by atomic mass is 16.2. The second kappa shape index (κ2) is 6.30. The fraction of sp³-hybridized carbons (Fsp3) is 0.444. The molecule has 3 heterocycles. The number of rotatable bonds is 3. The van der Waals surface area contributed by atoms with Crippen molar-refractivity contribution in [2.75, 3.05) is 19.6 Å². The van der Waals surface area contributed by atoms with Crippen LogP contribution in [0.3, 0.4) is 0 Å². The average Bonchev–Trinajstić information content (AvgIpc) is 3.02. The number of amides is 1. The molecule has 0 spiro atoms. The molecular formula is C18H20N6O. The van der Waals surface area contributed by atoms with Crippen molar-refractivity contribution >= 4 is 5.91 Å². The van der Waals surface area contributed by atoms with Crippen molar-refractivity contribution in [1.29, 1.82) is 5.26 Å². The molecule has 0 unspecified atom stereocenters. The highest BCUT2D eigenvalue weighted by Crippen LogP contribution is 2.23. The van der Waals surface area contributed by atoms with E-state index in [1.54, 1.807) is 24.3 Å². The van der Waals surface area contributed by atoms with Gasteiger partial charge in [-0.05, 0) is 18.2 Å². The zero-order chi connectivity index (χ0) is 17.4. The summed E-state index contributed by atoms with van der Waals surface area (Å²) >= 11 is 0. The molecule has 0 aliphatic carbocycles. The summed E-state index contributed by atoms with van der Waals surface area (Å²) in [5.74, 6) is 2.08. The van der Waals surface area contributed by atoms with E-state index in [9.17, 15) is 4.79 Å². The number of benzene rings is 1. The molecule has 0 bridgehead atoms. The predicted molar refractivity (Wildman–Crippen MR) is 90.7 cm³/mol. The van der Waals surface area contributed by atoms with Gasteiger partial charge in [-0.15, -0.1) is 10.2 Å². The van der Waals surface area contributed by atoms with Crippen molar-refractivity contribution in [3.05, 3.63) is 47.0 Å².